The molecule has 0 aliphatic rings. The van der Waals surface area contributed by atoms with Crippen LogP contribution >= 0.6 is 0 Å². The van der Waals surface area contributed by atoms with Gasteiger partial charge >= 0.3 is 0 Å². The third-order valence-electron chi connectivity index (χ3n) is 2.95. The van der Waals surface area contributed by atoms with Crippen LogP contribution in [0.2, 0.25) is 0 Å². The molecule has 0 aliphatic heterocycles. The summed E-state index contributed by atoms with van der Waals surface area (Å²) < 4.78 is 27.3. The van der Waals surface area contributed by atoms with E-state index in [1.165, 1.54) is 18.2 Å². The maximum absolute atomic E-state index is 13.7. The Bertz CT molecular complexity index is 689. The molecule has 4 heteroatoms. The van der Waals surface area contributed by atoms with Crippen LogP contribution in [0.4, 0.5) is 14.5 Å². The molecule has 0 aromatic heterocycles. The lowest BCUT2D eigenvalue weighted by atomic mass is 10.1. The molecule has 0 unspecified atom stereocenters. The van der Waals surface area contributed by atoms with Gasteiger partial charge in [-0.05, 0) is 35.9 Å². The molecule has 108 valence electrons. The molecule has 0 radical (unpaired) electrons. The van der Waals surface area contributed by atoms with Gasteiger partial charge in [-0.2, -0.15) is 0 Å². The fourth-order valence-electron chi connectivity index (χ4n) is 2.08. The Hall–Kier alpha value is -2.38. The van der Waals surface area contributed by atoms with Crippen molar-refractivity contribution in [1.82, 2.24) is 0 Å². The zero-order valence-electron chi connectivity index (χ0n) is 11.6. The first-order chi connectivity index (χ1) is 10.1. The normalized spacial score (nSPS) is 9.90. The summed E-state index contributed by atoms with van der Waals surface area (Å²) in [6.45, 7) is 0.0769. The van der Waals surface area contributed by atoms with Gasteiger partial charge in [-0.1, -0.05) is 24.0 Å². The Morgan fingerprint density at radius 2 is 1.90 bits per heavy atom. The number of aliphatic hydroxyl groups is 1. The molecule has 0 heterocycles. The van der Waals surface area contributed by atoms with Gasteiger partial charge in [0.15, 0.2) is 0 Å². The molecule has 2 aromatic rings. The number of hydrogen-bond acceptors (Lipinski definition) is 2. The number of halogens is 2. The minimum Gasteiger partial charge on any atom is -0.384 e. The van der Waals surface area contributed by atoms with E-state index in [2.05, 4.69) is 11.8 Å². The van der Waals surface area contributed by atoms with Crippen LogP contribution in [0, 0.1) is 23.5 Å². The minimum atomic E-state index is -0.406. The van der Waals surface area contributed by atoms with E-state index in [0.29, 0.717) is 23.4 Å². The highest BCUT2D eigenvalue weighted by molar-refractivity contribution is 5.48. The second-order valence-electron chi connectivity index (χ2n) is 4.62. The van der Waals surface area contributed by atoms with Gasteiger partial charge < -0.3 is 10.0 Å². The van der Waals surface area contributed by atoms with Gasteiger partial charge in [0.1, 0.15) is 18.2 Å². The van der Waals surface area contributed by atoms with Gasteiger partial charge in [-0.25, -0.2) is 8.78 Å². The number of hydrogen-bond donors (Lipinski definition) is 1. The molecule has 0 bridgehead atoms. The van der Waals surface area contributed by atoms with Gasteiger partial charge in [-0.3, -0.25) is 0 Å². The van der Waals surface area contributed by atoms with Crippen molar-refractivity contribution in [3.63, 3.8) is 0 Å². The molecule has 0 saturated carbocycles. The topological polar surface area (TPSA) is 23.5 Å². The van der Waals surface area contributed by atoms with Gasteiger partial charge in [0.25, 0.3) is 0 Å². The van der Waals surface area contributed by atoms with E-state index in [4.69, 9.17) is 5.11 Å². The Kier molecular flexibility index (Phi) is 4.91. The Balaban J connectivity index is 2.23. The van der Waals surface area contributed by atoms with Crippen LogP contribution in [0.3, 0.4) is 0 Å². The molecular weight excluding hydrogens is 272 g/mol. The third kappa shape index (κ3) is 4.04. The van der Waals surface area contributed by atoms with Crippen LogP contribution in [0.5, 0.6) is 0 Å². The quantitative estimate of drug-likeness (QED) is 0.877. The summed E-state index contributed by atoms with van der Waals surface area (Å²) in [4.78, 5) is 1.70. The lowest BCUT2D eigenvalue weighted by Gasteiger charge is -2.20. The number of para-hydroxylation sites is 1. The van der Waals surface area contributed by atoms with Crippen LogP contribution in [-0.2, 0) is 6.54 Å². The van der Waals surface area contributed by atoms with Crippen LogP contribution in [0.25, 0.3) is 0 Å². The maximum atomic E-state index is 13.7. The van der Waals surface area contributed by atoms with Crippen molar-refractivity contribution >= 4 is 5.69 Å². The van der Waals surface area contributed by atoms with Crippen LogP contribution in [0.15, 0.2) is 42.5 Å². The molecule has 0 spiro atoms. The lowest BCUT2D eigenvalue weighted by Crippen LogP contribution is -2.17. The summed E-state index contributed by atoms with van der Waals surface area (Å²) in [5.41, 5.74) is 1.62. The first-order valence-electron chi connectivity index (χ1n) is 6.45. The predicted octanol–water partition coefficient (Wildman–Crippen LogP) is 2.95. The van der Waals surface area contributed by atoms with Crippen molar-refractivity contribution in [2.45, 2.75) is 6.54 Å². The molecule has 0 aliphatic carbocycles. The maximum Gasteiger partial charge on any atom is 0.146 e. The summed E-state index contributed by atoms with van der Waals surface area (Å²) >= 11 is 0. The van der Waals surface area contributed by atoms with Crippen molar-refractivity contribution < 1.29 is 13.9 Å². The Morgan fingerprint density at radius 1 is 1.14 bits per heavy atom. The summed E-state index contributed by atoms with van der Waals surface area (Å²) in [6.07, 6.45) is 0. The number of rotatable bonds is 3. The molecule has 1 N–H and O–H groups in total. The molecule has 2 aromatic carbocycles. The summed E-state index contributed by atoms with van der Waals surface area (Å²) in [6, 6.07) is 10.8. The SMILES string of the molecule is CN(Cc1cc(F)cc(C#CCO)c1)c1ccccc1F. The van der Waals surface area contributed by atoms with E-state index >= 15 is 0 Å². The van der Waals surface area contributed by atoms with Crippen molar-refractivity contribution in [3.05, 3.63) is 65.2 Å². The van der Waals surface area contributed by atoms with E-state index in [9.17, 15) is 8.78 Å². The van der Waals surface area contributed by atoms with Crippen LogP contribution < -0.4 is 4.90 Å². The van der Waals surface area contributed by atoms with Gasteiger partial charge in [-0.15, -0.1) is 0 Å². The molecule has 0 saturated heterocycles. The van der Waals surface area contributed by atoms with E-state index in [1.807, 2.05) is 0 Å². The third-order valence-corrected chi connectivity index (χ3v) is 2.95. The first-order valence-corrected chi connectivity index (χ1v) is 6.45. The zero-order valence-corrected chi connectivity index (χ0v) is 11.6. The average Bonchev–Trinajstić information content (AvgIpc) is 2.45. The number of benzene rings is 2. The van der Waals surface area contributed by atoms with E-state index in [-0.39, 0.29) is 12.4 Å². The van der Waals surface area contributed by atoms with Crippen LogP contribution in [-0.4, -0.2) is 18.8 Å². The second kappa shape index (κ2) is 6.87. The molecule has 0 amide bonds. The number of nitrogens with zero attached hydrogens (tertiary/aromatic N) is 1. The molecule has 21 heavy (non-hydrogen) atoms. The highest BCUT2D eigenvalue weighted by Crippen LogP contribution is 2.20. The second-order valence-corrected chi connectivity index (χ2v) is 4.62. The monoisotopic (exact) mass is 287 g/mol. The van der Waals surface area contributed by atoms with E-state index < -0.39 is 5.82 Å². The van der Waals surface area contributed by atoms with E-state index in [0.717, 1.165) is 0 Å². The number of anilines is 1. The molecule has 0 fully saturated rings. The van der Waals surface area contributed by atoms with Gasteiger partial charge in [0.2, 0.25) is 0 Å². The highest BCUT2D eigenvalue weighted by Gasteiger charge is 2.08. The summed E-state index contributed by atoms with van der Waals surface area (Å²) in [5, 5.41) is 8.67. The fraction of sp³-hybridized carbons (Fsp3) is 0.176. The Labute approximate surface area is 122 Å². The lowest BCUT2D eigenvalue weighted by molar-refractivity contribution is 0.350. The minimum absolute atomic E-state index is 0.277. The Morgan fingerprint density at radius 3 is 2.62 bits per heavy atom. The molecule has 0 atom stereocenters. The van der Waals surface area contributed by atoms with Crippen LogP contribution in [0.1, 0.15) is 11.1 Å². The van der Waals surface area contributed by atoms with Crippen molar-refractivity contribution in [3.8, 4) is 11.8 Å². The first kappa shape index (κ1) is 15.0. The van der Waals surface area contributed by atoms with E-state index in [1.54, 1.807) is 36.2 Å². The summed E-state index contributed by atoms with van der Waals surface area (Å²) in [7, 11) is 1.74. The molecule has 2 rings (SSSR count). The fourth-order valence-corrected chi connectivity index (χ4v) is 2.08. The van der Waals surface area contributed by atoms with Crippen molar-refractivity contribution in [2.75, 3.05) is 18.6 Å². The number of aliphatic hydroxyl groups excluding tert-OH is 1. The van der Waals surface area contributed by atoms with Gasteiger partial charge in [0, 0.05) is 19.2 Å². The average molecular weight is 287 g/mol. The van der Waals surface area contributed by atoms with Crippen molar-refractivity contribution in [2.24, 2.45) is 0 Å². The standard InChI is InChI=1S/C17H15F2NO/c1-20(17-7-3-2-6-16(17)19)12-14-9-13(5-4-8-21)10-15(18)11-14/h2-3,6-7,9-11,21H,8,12H2,1H3. The zero-order chi connectivity index (χ0) is 15.2. The molecular formula is C17H15F2NO. The molecule has 2 nitrogen and oxygen atoms in total. The smallest absolute Gasteiger partial charge is 0.146 e. The van der Waals surface area contributed by atoms with Gasteiger partial charge in [0.05, 0.1) is 5.69 Å². The highest BCUT2D eigenvalue weighted by atomic mass is 19.1. The summed E-state index contributed by atoms with van der Waals surface area (Å²) in [5.74, 6) is 4.42. The predicted molar refractivity (Wildman–Crippen MR) is 78.9 cm³/mol. The van der Waals surface area contributed by atoms with Crippen molar-refractivity contribution in [1.29, 1.82) is 0 Å². The largest absolute Gasteiger partial charge is 0.384 e.